The lowest BCUT2D eigenvalue weighted by atomic mass is 9.72. The van der Waals surface area contributed by atoms with Crippen LogP contribution in [0.2, 0.25) is 0 Å². The normalized spacial score (nSPS) is 13.1. The van der Waals surface area contributed by atoms with Crippen molar-refractivity contribution in [2.24, 2.45) is 0 Å². The van der Waals surface area contributed by atoms with Crippen LogP contribution in [0, 0.1) is 27.7 Å². The third-order valence-corrected chi connectivity index (χ3v) is 10.6. The fourth-order valence-electron chi connectivity index (χ4n) is 7.49. The van der Waals surface area contributed by atoms with Crippen LogP contribution >= 0.6 is 0 Å². The Morgan fingerprint density at radius 2 is 0.529 bits per heavy atom. The predicted octanol–water partition coefficient (Wildman–Crippen LogP) is 12.3. The summed E-state index contributed by atoms with van der Waals surface area (Å²) in [4.78, 5) is 0. The second-order valence-electron chi connectivity index (χ2n) is 19.3. The van der Waals surface area contributed by atoms with E-state index < -0.39 is 0 Å². The van der Waals surface area contributed by atoms with Gasteiger partial charge in [0, 0.05) is 11.8 Å². The van der Waals surface area contributed by atoms with E-state index in [0.717, 1.165) is 66.8 Å². The SMILES string of the molecule is Cc1cc(C(CC(c2cc(C)c(O)c(C(C)(C)C)c2)c2cc(C)c(O)c(C(C)(C)C)c2)c2cc(C)c(O)c(C(C)(C)C)c2)cc(C(C)(C)C)c1O. The number of hydrogen-bond acceptors (Lipinski definition) is 4. The molecule has 0 aliphatic carbocycles. The van der Waals surface area contributed by atoms with Gasteiger partial charge in [-0.15, -0.1) is 0 Å². The minimum atomic E-state index is -0.290. The van der Waals surface area contributed by atoms with Crippen molar-refractivity contribution in [2.75, 3.05) is 0 Å². The van der Waals surface area contributed by atoms with Gasteiger partial charge >= 0.3 is 0 Å². The van der Waals surface area contributed by atoms with Crippen molar-refractivity contribution in [1.82, 2.24) is 0 Å². The maximum Gasteiger partial charge on any atom is 0.122 e. The molecule has 4 rings (SSSR count). The number of phenols is 4. The Morgan fingerprint density at radius 1 is 0.353 bits per heavy atom. The number of rotatable bonds is 6. The molecule has 0 heterocycles. The summed E-state index contributed by atoms with van der Waals surface area (Å²) in [5, 5.41) is 45.3. The number of phenolic OH excluding ortho intramolecular Hbond substituents is 4. The Kier molecular flexibility index (Phi) is 10.6. The zero-order valence-corrected chi connectivity index (χ0v) is 34.3. The van der Waals surface area contributed by atoms with Crippen LogP contribution in [-0.2, 0) is 21.7 Å². The summed E-state index contributed by atoms with van der Waals surface area (Å²) in [6, 6.07) is 17.2. The van der Waals surface area contributed by atoms with E-state index in [0.29, 0.717) is 29.4 Å². The molecule has 0 aliphatic heterocycles. The van der Waals surface area contributed by atoms with Crippen molar-refractivity contribution in [3.63, 3.8) is 0 Å². The van der Waals surface area contributed by atoms with E-state index in [9.17, 15) is 20.4 Å². The lowest BCUT2D eigenvalue weighted by molar-refractivity contribution is 0.441. The second-order valence-corrected chi connectivity index (χ2v) is 19.3. The molecule has 0 aromatic heterocycles. The van der Waals surface area contributed by atoms with Gasteiger partial charge in [-0.1, -0.05) is 132 Å². The third kappa shape index (κ3) is 8.27. The molecule has 0 radical (unpaired) electrons. The molecule has 4 aromatic carbocycles. The highest BCUT2D eigenvalue weighted by Gasteiger charge is 2.32. The van der Waals surface area contributed by atoms with Crippen molar-refractivity contribution < 1.29 is 20.4 Å². The quantitative estimate of drug-likeness (QED) is 0.162. The first-order valence-corrected chi connectivity index (χ1v) is 18.5. The van der Waals surface area contributed by atoms with Gasteiger partial charge in [0.05, 0.1) is 0 Å². The molecule has 276 valence electrons. The molecule has 0 saturated heterocycles. The van der Waals surface area contributed by atoms with Crippen molar-refractivity contribution in [3.8, 4) is 23.0 Å². The van der Waals surface area contributed by atoms with E-state index in [1.807, 2.05) is 27.7 Å². The van der Waals surface area contributed by atoms with Crippen LogP contribution in [0.5, 0.6) is 23.0 Å². The van der Waals surface area contributed by atoms with Crippen molar-refractivity contribution in [2.45, 2.75) is 151 Å². The first kappa shape index (κ1) is 39.9. The first-order chi connectivity index (χ1) is 23.1. The molecule has 0 aliphatic rings. The highest BCUT2D eigenvalue weighted by molar-refractivity contribution is 5.56. The van der Waals surface area contributed by atoms with Crippen LogP contribution in [0.4, 0.5) is 0 Å². The van der Waals surface area contributed by atoms with E-state index in [-0.39, 0.29) is 33.5 Å². The Labute approximate surface area is 308 Å². The van der Waals surface area contributed by atoms with Gasteiger partial charge in [-0.25, -0.2) is 0 Å². The minimum Gasteiger partial charge on any atom is -0.507 e. The summed E-state index contributed by atoms with van der Waals surface area (Å²) < 4.78 is 0. The third-order valence-electron chi connectivity index (χ3n) is 10.6. The average molecular weight is 693 g/mol. The van der Waals surface area contributed by atoms with Gasteiger partial charge in [-0.3, -0.25) is 0 Å². The predicted molar refractivity (Wildman–Crippen MR) is 214 cm³/mol. The fraction of sp³-hybridized carbons (Fsp3) is 0.489. The lowest BCUT2D eigenvalue weighted by Crippen LogP contribution is -2.18. The molecule has 4 heteroatoms. The summed E-state index contributed by atoms with van der Waals surface area (Å²) in [5.74, 6) is 1.04. The van der Waals surface area contributed by atoms with Gasteiger partial charge < -0.3 is 20.4 Å². The van der Waals surface area contributed by atoms with E-state index in [2.05, 4.69) is 132 Å². The van der Waals surface area contributed by atoms with E-state index in [1.54, 1.807) is 0 Å². The molecule has 0 amide bonds. The highest BCUT2D eigenvalue weighted by Crippen LogP contribution is 2.48. The van der Waals surface area contributed by atoms with Gasteiger partial charge in [-0.05, 0) is 123 Å². The molecule has 4 nitrogen and oxygen atoms in total. The maximum atomic E-state index is 11.3. The molecule has 4 N–H and O–H groups in total. The van der Waals surface area contributed by atoms with Crippen LogP contribution < -0.4 is 0 Å². The largest absolute Gasteiger partial charge is 0.507 e. The van der Waals surface area contributed by atoms with Crippen LogP contribution in [-0.4, -0.2) is 20.4 Å². The van der Waals surface area contributed by atoms with Gasteiger partial charge in [0.25, 0.3) is 0 Å². The zero-order chi connectivity index (χ0) is 38.8. The summed E-state index contributed by atoms with van der Waals surface area (Å²) in [6.45, 7) is 33.5. The van der Waals surface area contributed by atoms with Crippen LogP contribution in [0.3, 0.4) is 0 Å². The summed E-state index contributed by atoms with van der Waals surface area (Å²) in [7, 11) is 0. The Bertz CT molecular complexity index is 1650. The number of benzene rings is 4. The lowest BCUT2D eigenvalue weighted by Gasteiger charge is -2.32. The number of aryl methyl sites for hydroxylation is 4. The maximum absolute atomic E-state index is 11.3. The Hall–Kier alpha value is -3.92. The minimum absolute atomic E-state index is 0.129. The summed E-state index contributed by atoms with van der Waals surface area (Å²) in [5.41, 5.74) is 10.2. The molecule has 0 saturated carbocycles. The topological polar surface area (TPSA) is 80.9 Å². The van der Waals surface area contributed by atoms with Gasteiger partial charge in [0.1, 0.15) is 23.0 Å². The average Bonchev–Trinajstić information content (AvgIpc) is 2.97. The molecule has 0 bridgehead atoms. The van der Waals surface area contributed by atoms with Crippen LogP contribution in [0.25, 0.3) is 0 Å². The van der Waals surface area contributed by atoms with Crippen LogP contribution in [0.15, 0.2) is 48.5 Å². The van der Waals surface area contributed by atoms with Crippen molar-refractivity contribution in [1.29, 1.82) is 0 Å². The molecule has 0 spiro atoms. The molecular formula is C47H64O4. The Balaban J connectivity index is 2.16. The molecule has 0 atom stereocenters. The number of aromatic hydroxyl groups is 4. The summed E-state index contributed by atoms with van der Waals surface area (Å²) in [6.07, 6.45) is 0.670. The van der Waals surface area contributed by atoms with Gasteiger partial charge in [-0.2, -0.15) is 0 Å². The smallest absolute Gasteiger partial charge is 0.122 e. The standard InChI is InChI=1S/C47H64O4/c1-26-17-30(21-36(40(26)48)44(5,6)7)34(31-18-27(2)41(49)37(22-31)45(8,9)10)25-35(32-19-28(3)42(50)38(23-32)46(11,12)13)33-20-29(4)43(51)39(24-33)47(14,15)16/h17-24,34-35,48-51H,25H2,1-16H3. The number of hydrogen-bond donors (Lipinski definition) is 4. The monoisotopic (exact) mass is 692 g/mol. The van der Waals surface area contributed by atoms with Crippen molar-refractivity contribution in [3.05, 3.63) is 115 Å². The fourth-order valence-corrected chi connectivity index (χ4v) is 7.49. The van der Waals surface area contributed by atoms with Gasteiger partial charge in [0.2, 0.25) is 0 Å². The van der Waals surface area contributed by atoms with E-state index in [1.165, 1.54) is 0 Å². The molecule has 0 unspecified atom stereocenters. The van der Waals surface area contributed by atoms with E-state index in [4.69, 9.17) is 0 Å². The summed E-state index contributed by atoms with van der Waals surface area (Å²) >= 11 is 0. The van der Waals surface area contributed by atoms with Crippen LogP contribution in [0.1, 0.15) is 168 Å². The first-order valence-electron chi connectivity index (χ1n) is 18.5. The van der Waals surface area contributed by atoms with Gasteiger partial charge in [0.15, 0.2) is 0 Å². The highest BCUT2D eigenvalue weighted by atomic mass is 16.3. The molecule has 4 aromatic rings. The molecular weight excluding hydrogens is 629 g/mol. The second kappa shape index (κ2) is 13.6. The Morgan fingerprint density at radius 3 is 0.686 bits per heavy atom. The molecule has 0 fully saturated rings. The zero-order valence-electron chi connectivity index (χ0n) is 34.3. The molecule has 51 heavy (non-hydrogen) atoms. The van der Waals surface area contributed by atoms with E-state index >= 15 is 0 Å². The van der Waals surface area contributed by atoms with Crippen molar-refractivity contribution >= 4 is 0 Å².